The number of allylic oxidation sites excluding steroid dienone is 1. The van der Waals surface area contributed by atoms with Crippen molar-refractivity contribution < 1.29 is 4.39 Å². The maximum Gasteiger partial charge on any atom is 0.256 e. The van der Waals surface area contributed by atoms with Crippen molar-refractivity contribution in [2.75, 3.05) is 10.6 Å². The van der Waals surface area contributed by atoms with Crippen LogP contribution >= 0.6 is 11.6 Å². The van der Waals surface area contributed by atoms with Crippen LogP contribution in [0.25, 0.3) is 11.1 Å². The van der Waals surface area contributed by atoms with Crippen molar-refractivity contribution in [1.29, 1.82) is 0 Å². The molecule has 3 N–H and O–H groups in total. The Balaban J connectivity index is 1.85. The van der Waals surface area contributed by atoms with Crippen molar-refractivity contribution in [3.8, 4) is 11.1 Å². The van der Waals surface area contributed by atoms with Crippen molar-refractivity contribution >= 4 is 28.8 Å². The van der Waals surface area contributed by atoms with Gasteiger partial charge in [0.2, 0.25) is 0 Å². The van der Waals surface area contributed by atoms with Crippen LogP contribution in [-0.2, 0) is 6.42 Å². The molecule has 4 rings (SSSR count). The molecule has 5 nitrogen and oxygen atoms in total. The molecule has 0 atom stereocenters. The Kier molecular flexibility index (Phi) is 4.88. The number of fused-ring (bicyclic) bond motifs is 1. The summed E-state index contributed by atoms with van der Waals surface area (Å²) in [4.78, 5) is 20.0. The summed E-state index contributed by atoms with van der Waals surface area (Å²) in [5.74, 6) is 0.302. The number of hydrogen-bond donors (Lipinski definition) is 3. The van der Waals surface area contributed by atoms with Gasteiger partial charge in [-0.3, -0.25) is 4.79 Å². The Morgan fingerprint density at radius 2 is 2.00 bits per heavy atom. The van der Waals surface area contributed by atoms with Crippen LogP contribution in [0.15, 0.2) is 53.6 Å². The summed E-state index contributed by atoms with van der Waals surface area (Å²) < 4.78 is 14.4. The van der Waals surface area contributed by atoms with Crippen LogP contribution in [0.2, 0.25) is 5.02 Å². The van der Waals surface area contributed by atoms with Gasteiger partial charge in [0.05, 0.1) is 11.3 Å². The lowest BCUT2D eigenvalue weighted by molar-refractivity contribution is 0.631. The van der Waals surface area contributed by atoms with Crippen molar-refractivity contribution in [3.05, 3.63) is 81.3 Å². The Labute approximate surface area is 172 Å². The monoisotopic (exact) mass is 410 g/mol. The van der Waals surface area contributed by atoms with E-state index in [4.69, 9.17) is 11.6 Å². The largest absolute Gasteiger partial charge is 0.354 e. The quantitative estimate of drug-likeness (QED) is 0.525. The molecule has 0 fully saturated rings. The van der Waals surface area contributed by atoms with Gasteiger partial charge in [0.1, 0.15) is 11.6 Å². The van der Waals surface area contributed by atoms with Crippen LogP contribution < -0.4 is 16.2 Å². The minimum atomic E-state index is -0.506. The van der Waals surface area contributed by atoms with Crippen LogP contribution in [0.5, 0.6) is 0 Å². The zero-order chi connectivity index (χ0) is 20.7. The Hall–Kier alpha value is -3.12. The van der Waals surface area contributed by atoms with Gasteiger partial charge in [0.25, 0.3) is 5.56 Å². The van der Waals surface area contributed by atoms with E-state index >= 15 is 0 Å². The van der Waals surface area contributed by atoms with E-state index in [-0.39, 0.29) is 22.6 Å². The molecule has 2 aromatic heterocycles. The van der Waals surface area contributed by atoms with E-state index in [0.29, 0.717) is 17.1 Å². The van der Waals surface area contributed by atoms with Gasteiger partial charge in [-0.05, 0) is 36.2 Å². The number of anilines is 3. The molecule has 1 aromatic carbocycles. The van der Waals surface area contributed by atoms with Crippen LogP contribution in [0.1, 0.15) is 31.0 Å². The average Bonchev–Trinajstić information content (AvgIpc) is 3.06. The van der Waals surface area contributed by atoms with E-state index in [9.17, 15) is 9.18 Å². The summed E-state index contributed by atoms with van der Waals surface area (Å²) in [5.41, 5.74) is 4.15. The second kappa shape index (κ2) is 7.37. The molecule has 0 unspecified atom stereocenters. The van der Waals surface area contributed by atoms with Crippen molar-refractivity contribution in [2.24, 2.45) is 0 Å². The van der Waals surface area contributed by atoms with Crippen molar-refractivity contribution in [1.82, 2.24) is 9.97 Å². The fourth-order valence-electron chi connectivity index (χ4n) is 3.47. The molecule has 1 aliphatic heterocycles. The second-order valence-corrected chi connectivity index (χ2v) is 7.77. The Morgan fingerprint density at radius 1 is 1.21 bits per heavy atom. The third-order valence-electron chi connectivity index (χ3n) is 4.88. The first-order valence-corrected chi connectivity index (χ1v) is 9.63. The van der Waals surface area contributed by atoms with Gasteiger partial charge < -0.3 is 15.6 Å². The van der Waals surface area contributed by atoms with E-state index in [0.717, 1.165) is 28.5 Å². The van der Waals surface area contributed by atoms with E-state index in [1.165, 1.54) is 18.2 Å². The minimum Gasteiger partial charge on any atom is -0.354 e. The van der Waals surface area contributed by atoms with Crippen LogP contribution in [0.4, 0.5) is 21.6 Å². The highest BCUT2D eigenvalue weighted by molar-refractivity contribution is 6.30. The molecule has 0 bridgehead atoms. The van der Waals surface area contributed by atoms with Crippen LogP contribution in [-0.4, -0.2) is 9.97 Å². The molecule has 0 spiro atoms. The number of hydrogen-bond acceptors (Lipinski definition) is 4. The number of benzene rings is 1. The topological polar surface area (TPSA) is 69.8 Å². The maximum absolute atomic E-state index is 14.4. The molecular weight excluding hydrogens is 391 g/mol. The average molecular weight is 411 g/mol. The highest BCUT2D eigenvalue weighted by Gasteiger charge is 2.21. The molecule has 3 aromatic rings. The number of aromatic amines is 1. The van der Waals surface area contributed by atoms with Gasteiger partial charge in [-0.25, -0.2) is 9.37 Å². The summed E-state index contributed by atoms with van der Waals surface area (Å²) in [6, 6.07) is 7.71. The van der Waals surface area contributed by atoms with Crippen molar-refractivity contribution in [2.45, 2.75) is 26.2 Å². The molecule has 7 heteroatoms. The first-order chi connectivity index (χ1) is 13.8. The van der Waals surface area contributed by atoms with E-state index in [1.54, 1.807) is 12.3 Å². The van der Waals surface area contributed by atoms with E-state index in [1.807, 2.05) is 19.9 Å². The van der Waals surface area contributed by atoms with E-state index < -0.39 is 5.82 Å². The smallest absolute Gasteiger partial charge is 0.256 e. The molecule has 1 aliphatic rings. The van der Waals surface area contributed by atoms with Crippen LogP contribution in [0.3, 0.4) is 0 Å². The highest BCUT2D eigenvalue weighted by atomic mass is 35.5. The number of H-pyrrole nitrogens is 1. The molecule has 0 radical (unpaired) electrons. The highest BCUT2D eigenvalue weighted by Crippen LogP contribution is 2.35. The fourth-order valence-corrected chi connectivity index (χ4v) is 3.65. The van der Waals surface area contributed by atoms with Gasteiger partial charge >= 0.3 is 0 Å². The third-order valence-corrected chi connectivity index (χ3v) is 5.11. The molecule has 29 heavy (non-hydrogen) atoms. The van der Waals surface area contributed by atoms with Gasteiger partial charge in [0, 0.05) is 45.8 Å². The Bertz CT molecular complexity index is 1190. The lowest BCUT2D eigenvalue weighted by Crippen LogP contribution is -2.15. The normalized spacial score (nSPS) is 12.8. The summed E-state index contributed by atoms with van der Waals surface area (Å²) >= 11 is 6.03. The summed E-state index contributed by atoms with van der Waals surface area (Å²) in [6.07, 6.45) is 2.35. The fraction of sp³-hybridized carbons (Fsp3) is 0.182. The second-order valence-electron chi connectivity index (χ2n) is 7.33. The maximum atomic E-state index is 14.4. The van der Waals surface area contributed by atoms with Gasteiger partial charge in [-0.2, -0.15) is 0 Å². The number of nitrogens with one attached hydrogen (secondary N) is 3. The molecule has 0 amide bonds. The molecule has 0 saturated heterocycles. The molecule has 0 saturated carbocycles. The van der Waals surface area contributed by atoms with E-state index in [2.05, 4.69) is 27.2 Å². The molecule has 3 heterocycles. The number of pyridine rings is 2. The van der Waals surface area contributed by atoms with Gasteiger partial charge in [0.15, 0.2) is 0 Å². The standard InChI is InChI=1S/C22H20ClFN4O/c1-11(2)20-19(27-18-6-7-25-21-16(18)8-12(3)26-21)10-15(22(29)28-20)14-9-13(23)4-5-17(14)24/h4-7,9-11H,3,8H2,1-2H3,(H,28,29)(H2,25,26,27). The lowest BCUT2D eigenvalue weighted by atomic mass is 10.0. The third kappa shape index (κ3) is 3.63. The zero-order valence-electron chi connectivity index (χ0n) is 16.1. The van der Waals surface area contributed by atoms with Gasteiger partial charge in [-0.1, -0.05) is 32.0 Å². The number of nitrogens with zero attached hydrogens (tertiary/aromatic N) is 1. The molecule has 148 valence electrons. The number of aromatic nitrogens is 2. The molecule has 0 aliphatic carbocycles. The van der Waals surface area contributed by atoms with Crippen molar-refractivity contribution in [3.63, 3.8) is 0 Å². The zero-order valence-corrected chi connectivity index (χ0v) is 16.8. The van der Waals surface area contributed by atoms with Crippen LogP contribution in [0, 0.1) is 5.82 Å². The lowest BCUT2D eigenvalue weighted by Gasteiger charge is -2.17. The first-order valence-electron chi connectivity index (χ1n) is 9.26. The molecular formula is C22H20ClFN4O. The predicted octanol–water partition coefficient (Wildman–Crippen LogP) is 5.58. The minimum absolute atomic E-state index is 0.0476. The Morgan fingerprint density at radius 3 is 2.76 bits per heavy atom. The summed E-state index contributed by atoms with van der Waals surface area (Å²) in [5, 5.41) is 6.91. The number of rotatable bonds is 4. The number of halogens is 2. The SMILES string of the molecule is C=C1Cc2c(Nc3cc(-c4cc(Cl)ccc4F)c(=O)[nH]c3C(C)C)ccnc2N1. The first kappa shape index (κ1) is 19.2. The summed E-state index contributed by atoms with van der Waals surface area (Å²) in [7, 11) is 0. The van der Waals surface area contributed by atoms with Gasteiger partial charge in [-0.15, -0.1) is 0 Å². The predicted molar refractivity (Wildman–Crippen MR) is 116 cm³/mol. The summed E-state index contributed by atoms with van der Waals surface area (Å²) in [6.45, 7) is 7.93.